The van der Waals surface area contributed by atoms with E-state index in [1.807, 2.05) is 30.3 Å². The number of hydrogen-bond acceptors (Lipinski definition) is 8. The maximum atomic E-state index is 13.6. The first kappa shape index (κ1) is 25.6. The number of rotatable bonds is 11. The van der Waals surface area contributed by atoms with Crippen LogP contribution in [0.25, 0.3) is 0 Å². The molecule has 38 heavy (non-hydrogen) atoms. The summed E-state index contributed by atoms with van der Waals surface area (Å²) in [5.41, 5.74) is 6.91. The van der Waals surface area contributed by atoms with Gasteiger partial charge in [0, 0.05) is 20.1 Å². The predicted molar refractivity (Wildman–Crippen MR) is 142 cm³/mol. The zero-order valence-corrected chi connectivity index (χ0v) is 22.4. The minimum atomic E-state index is -4.13. The molecule has 0 unspecified atom stereocenters. The second-order valence-corrected chi connectivity index (χ2v) is 11.8. The molecule has 0 spiro atoms. The second-order valence-electron chi connectivity index (χ2n) is 9.88. The largest absolute Gasteiger partial charge is 0.443 e. The van der Waals surface area contributed by atoms with Crippen molar-refractivity contribution in [3.05, 3.63) is 60.2 Å². The highest BCUT2D eigenvalue weighted by atomic mass is 32.2. The van der Waals surface area contributed by atoms with Gasteiger partial charge in [-0.1, -0.05) is 44.2 Å². The normalized spacial score (nSPS) is 25.8. The number of hydrogen-bond donors (Lipinski definition) is 3. The van der Waals surface area contributed by atoms with Gasteiger partial charge in [0.15, 0.2) is 6.29 Å². The summed E-state index contributed by atoms with van der Waals surface area (Å²) in [5, 5.41) is 14.0. The van der Waals surface area contributed by atoms with Crippen LogP contribution in [0.4, 0.5) is 10.5 Å². The summed E-state index contributed by atoms with van der Waals surface area (Å²) in [7, 11) is -4.13. The van der Waals surface area contributed by atoms with Crippen LogP contribution in [-0.4, -0.2) is 74.7 Å². The lowest BCUT2D eigenvalue weighted by Crippen LogP contribution is -2.51. The van der Waals surface area contributed by atoms with Crippen molar-refractivity contribution in [1.82, 2.24) is 9.62 Å². The maximum Gasteiger partial charge on any atom is 0.407 e. The van der Waals surface area contributed by atoms with Crippen LogP contribution in [0.5, 0.6) is 0 Å². The van der Waals surface area contributed by atoms with Gasteiger partial charge < -0.3 is 30.4 Å². The number of nitrogen functional groups attached to an aromatic ring is 1. The number of nitrogens with one attached hydrogen (secondary N) is 1. The number of aliphatic hydroxyl groups excluding tert-OH is 1. The highest BCUT2D eigenvalue weighted by molar-refractivity contribution is 7.89. The highest BCUT2D eigenvalue weighted by Crippen LogP contribution is 2.33. The van der Waals surface area contributed by atoms with Crippen LogP contribution >= 0.6 is 0 Å². The Kier molecular flexibility index (Phi) is 8.37. The predicted octanol–water partition coefficient (Wildman–Crippen LogP) is 2.38. The van der Waals surface area contributed by atoms with Crippen LogP contribution in [0, 0.1) is 11.8 Å². The number of aliphatic hydroxyl groups is 1. The fourth-order valence-electron chi connectivity index (χ4n) is 4.59. The van der Waals surface area contributed by atoms with Crippen LogP contribution in [0.2, 0.25) is 0 Å². The molecular formula is C27H37N3O7S. The van der Waals surface area contributed by atoms with E-state index in [-0.39, 0.29) is 24.5 Å². The first-order valence-corrected chi connectivity index (χ1v) is 14.0. The fraction of sp³-hybridized carbons (Fsp3) is 0.519. The molecule has 10 nitrogen and oxygen atoms in total. The minimum Gasteiger partial charge on any atom is -0.443 e. The number of nitrogens with two attached hydrogens (primary N) is 1. The summed E-state index contributed by atoms with van der Waals surface area (Å²) in [6.45, 7) is 2.78. The first-order valence-electron chi connectivity index (χ1n) is 13.6. The zero-order valence-electron chi connectivity index (χ0n) is 23.6. The van der Waals surface area contributed by atoms with Gasteiger partial charge in [0.25, 0.3) is 0 Å². The number of ether oxygens (including phenoxy) is 3. The Bertz CT molecular complexity index is 1260. The number of carbonyl (C=O) groups is 1. The Morgan fingerprint density at radius 3 is 2.61 bits per heavy atom. The summed E-state index contributed by atoms with van der Waals surface area (Å²) in [4.78, 5) is 13.0. The molecule has 1 amide bonds. The molecule has 5 atom stereocenters. The van der Waals surface area contributed by atoms with Crippen LogP contribution < -0.4 is 11.1 Å². The van der Waals surface area contributed by atoms with Gasteiger partial charge in [0.1, 0.15) is 6.08 Å². The summed E-state index contributed by atoms with van der Waals surface area (Å²) < 4.78 is 61.6. The van der Waals surface area contributed by atoms with Gasteiger partial charge in [-0.2, -0.15) is 4.31 Å². The molecule has 2 saturated heterocycles. The van der Waals surface area contributed by atoms with E-state index in [1.165, 1.54) is 24.3 Å². The Labute approximate surface area is 226 Å². The van der Waals surface area contributed by atoms with Crippen LogP contribution in [0.1, 0.15) is 28.6 Å². The summed E-state index contributed by atoms with van der Waals surface area (Å²) in [6, 6.07) is 13.8. The molecule has 0 aromatic heterocycles. The molecule has 0 aliphatic carbocycles. The summed E-state index contributed by atoms with van der Waals surface area (Å²) in [6.07, 6.45) is -3.89. The van der Waals surface area contributed by atoms with E-state index in [1.54, 1.807) is 13.8 Å². The van der Waals surface area contributed by atoms with Gasteiger partial charge in [-0.05, 0) is 48.6 Å². The third kappa shape index (κ3) is 7.03. The van der Waals surface area contributed by atoms with Gasteiger partial charge in [0.2, 0.25) is 10.0 Å². The fourth-order valence-corrected chi connectivity index (χ4v) is 6.15. The van der Waals surface area contributed by atoms with E-state index in [0.717, 1.165) is 9.87 Å². The Morgan fingerprint density at radius 2 is 1.92 bits per heavy atom. The lowest BCUT2D eigenvalue weighted by atomic mass is 10.0. The second kappa shape index (κ2) is 12.4. The zero-order chi connectivity index (χ0) is 29.1. The SMILES string of the molecule is [2H]C(C)(C)CN(C[C@@H](O)[C@H](Cc1ccccc1)NC(=O)O[C@@]1([2H])CO[C@H]2OCC[C@H]21)S(=O)(=O)c1ccc(N)cc1. The molecule has 2 fully saturated rings. The number of alkyl carbamates (subject to hydrolysis) is 1. The van der Waals surface area contributed by atoms with Crippen molar-refractivity contribution in [2.24, 2.45) is 11.8 Å². The molecule has 2 aliphatic heterocycles. The number of amides is 1. The van der Waals surface area contributed by atoms with E-state index in [2.05, 4.69) is 5.32 Å². The van der Waals surface area contributed by atoms with Crippen molar-refractivity contribution in [2.75, 3.05) is 32.0 Å². The van der Waals surface area contributed by atoms with Gasteiger partial charge in [-0.25, -0.2) is 13.2 Å². The van der Waals surface area contributed by atoms with Crippen LogP contribution in [0.15, 0.2) is 59.5 Å². The third-order valence-electron chi connectivity index (χ3n) is 6.53. The lowest BCUT2D eigenvalue weighted by molar-refractivity contribution is -0.0907. The van der Waals surface area contributed by atoms with Crippen molar-refractivity contribution in [1.29, 1.82) is 0 Å². The van der Waals surface area contributed by atoms with E-state index in [0.29, 0.717) is 18.7 Å². The molecule has 0 radical (unpaired) electrons. The molecule has 2 aromatic rings. The van der Waals surface area contributed by atoms with E-state index >= 15 is 0 Å². The number of fused-ring (bicyclic) bond motifs is 1. The number of nitrogens with zero attached hydrogens (tertiary/aromatic N) is 1. The minimum absolute atomic E-state index is 0.0316. The van der Waals surface area contributed by atoms with Crippen LogP contribution in [0.3, 0.4) is 0 Å². The van der Waals surface area contributed by atoms with Crippen molar-refractivity contribution in [3.8, 4) is 0 Å². The summed E-state index contributed by atoms with van der Waals surface area (Å²) in [5.74, 6) is -1.61. The Hall–Kier alpha value is -2.70. The molecule has 208 valence electrons. The highest BCUT2D eigenvalue weighted by Gasteiger charge is 2.44. The Balaban J connectivity index is 1.55. The molecule has 2 heterocycles. The van der Waals surface area contributed by atoms with Crippen molar-refractivity contribution in [3.63, 3.8) is 0 Å². The molecule has 2 aromatic carbocycles. The topological polar surface area (TPSA) is 140 Å². The Morgan fingerprint density at radius 1 is 1.21 bits per heavy atom. The van der Waals surface area contributed by atoms with E-state index in [4.69, 9.17) is 22.7 Å². The lowest BCUT2D eigenvalue weighted by Gasteiger charge is -2.31. The smallest absolute Gasteiger partial charge is 0.407 e. The molecule has 0 bridgehead atoms. The first-order chi connectivity index (χ1) is 18.8. The van der Waals surface area contributed by atoms with E-state index < -0.39 is 59.0 Å². The molecule has 0 saturated carbocycles. The molecular weight excluding hydrogens is 510 g/mol. The number of sulfonamides is 1. The van der Waals surface area contributed by atoms with Gasteiger partial charge in [-0.3, -0.25) is 0 Å². The average molecular weight is 550 g/mol. The van der Waals surface area contributed by atoms with Gasteiger partial charge in [-0.15, -0.1) is 0 Å². The molecule has 4 N–H and O–H groups in total. The molecule has 2 aliphatic rings. The van der Waals surface area contributed by atoms with Gasteiger partial charge in [0.05, 0.1) is 37.5 Å². The van der Waals surface area contributed by atoms with Crippen molar-refractivity contribution in [2.45, 2.75) is 56.1 Å². The summed E-state index contributed by atoms with van der Waals surface area (Å²) >= 11 is 0. The number of anilines is 1. The number of benzene rings is 2. The van der Waals surface area contributed by atoms with Crippen LogP contribution in [-0.2, 0) is 30.7 Å². The average Bonchev–Trinajstić information content (AvgIpc) is 3.47. The van der Waals surface area contributed by atoms with Crippen molar-refractivity contribution < 1.29 is 35.3 Å². The molecule has 11 heteroatoms. The van der Waals surface area contributed by atoms with Gasteiger partial charge >= 0.3 is 6.09 Å². The van der Waals surface area contributed by atoms with Crippen molar-refractivity contribution >= 4 is 21.8 Å². The molecule has 4 rings (SSSR count). The number of carbonyl (C=O) groups excluding carboxylic acids is 1. The maximum absolute atomic E-state index is 13.6. The quantitative estimate of drug-likeness (QED) is 0.363. The standard InChI is InChI=1S/C27H37N3O7S/c1-18(2)15-30(38(33,34)21-10-8-20(28)9-11-21)16-24(31)23(14-19-6-4-3-5-7-19)29-27(32)37-25-17-36-26-22(25)12-13-35-26/h3-11,18,22-26,31H,12-17,28H2,1-2H3,(H,29,32)/t22-,23-,24+,25-,26+/m0/s1/i18D,25D. The van der Waals surface area contributed by atoms with E-state index in [9.17, 15) is 18.3 Å². The monoisotopic (exact) mass is 549 g/mol. The third-order valence-corrected chi connectivity index (χ3v) is 8.36.